The van der Waals surface area contributed by atoms with E-state index in [1.807, 2.05) is 0 Å². The fourth-order valence-corrected chi connectivity index (χ4v) is 1.41. The van der Waals surface area contributed by atoms with Crippen LogP contribution in [0.2, 0.25) is 0 Å². The summed E-state index contributed by atoms with van der Waals surface area (Å²) in [5, 5.41) is 8.77. The second-order valence-corrected chi connectivity index (χ2v) is 4.09. The first-order valence-corrected chi connectivity index (χ1v) is 5.59. The molecule has 1 unspecified atom stereocenters. The standard InChI is InChI=1S/C12H13ClO4/c1-3-17-12(16)8-4-5-10(14)9(6-8)11(15)7(2)13/h4-7,14H,3H2,1-2H3. The number of phenols is 1. The molecule has 4 nitrogen and oxygen atoms in total. The molecule has 1 aromatic rings. The largest absolute Gasteiger partial charge is 0.507 e. The molecule has 0 saturated heterocycles. The normalized spacial score (nSPS) is 11.9. The lowest BCUT2D eigenvalue weighted by atomic mass is 10.0. The van der Waals surface area contributed by atoms with Crippen molar-refractivity contribution < 1.29 is 19.4 Å². The van der Waals surface area contributed by atoms with Gasteiger partial charge in [0.05, 0.1) is 23.1 Å². The second-order valence-electron chi connectivity index (χ2n) is 3.43. The van der Waals surface area contributed by atoms with E-state index in [1.165, 1.54) is 25.1 Å². The van der Waals surface area contributed by atoms with Crippen LogP contribution in [0.4, 0.5) is 0 Å². The Morgan fingerprint density at radius 1 is 1.47 bits per heavy atom. The first-order valence-electron chi connectivity index (χ1n) is 5.15. The highest BCUT2D eigenvalue weighted by Crippen LogP contribution is 2.22. The van der Waals surface area contributed by atoms with E-state index in [-0.39, 0.29) is 23.5 Å². The molecule has 1 atom stereocenters. The highest BCUT2D eigenvalue weighted by atomic mass is 35.5. The van der Waals surface area contributed by atoms with Gasteiger partial charge in [-0.2, -0.15) is 0 Å². The van der Waals surface area contributed by atoms with Crippen molar-refractivity contribution in [1.29, 1.82) is 0 Å². The molecule has 0 heterocycles. The van der Waals surface area contributed by atoms with E-state index in [9.17, 15) is 14.7 Å². The van der Waals surface area contributed by atoms with Crippen molar-refractivity contribution in [2.75, 3.05) is 6.61 Å². The zero-order chi connectivity index (χ0) is 13.0. The number of halogens is 1. The summed E-state index contributed by atoms with van der Waals surface area (Å²) in [5.41, 5.74) is 0.239. The minimum absolute atomic E-state index is 0.0260. The van der Waals surface area contributed by atoms with Gasteiger partial charge in [0.1, 0.15) is 5.75 Å². The molecule has 17 heavy (non-hydrogen) atoms. The first kappa shape index (κ1) is 13.5. The lowest BCUT2D eigenvalue weighted by molar-refractivity contribution is 0.0526. The molecule has 0 spiro atoms. The number of hydrogen-bond donors (Lipinski definition) is 1. The molecular formula is C12H13ClO4. The van der Waals surface area contributed by atoms with Gasteiger partial charge >= 0.3 is 5.97 Å². The van der Waals surface area contributed by atoms with Crippen LogP contribution in [0.25, 0.3) is 0 Å². The van der Waals surface area contributed by atoms with Crippen LogP contribution >= 0.6 is 11.6 Å². The number of hydrogen-bond acceptors (Lipinski definition) is 4. The number of alkyl halides is 1. The van der Waals surface area contributed by atoms with Gasteiger partial charge in [-0.25, -0.2) is 4.79 Å². The number of esters is 1. The maximum absolute atomic E-state index is 11.7. The molecule has 0 aliphatic rings. The molecule has 0 aliphatic heterocycles. The molecule has 1 N–H and O–H groups in total. The van der Waals surface area contributed by atoms with Gasteiger partial charge in [-0.3, -0.25) is 4.79 Å². The fourth-order valence-electron chi connectivity index (χ4n) is 1.29. The number of carbonyl (C=O) groups excluding carboxylic acids is 2. The zero-order valence-corrected chi connectivity index (χ0v) is 10.3. The van der Waals surface area contributed by atoms with Crippen LogP contribution in [0.3, 0.4) is 0 Å². The minimum Gasteiger partial charge on any atom is -0.507 e. The molecule has 1 rings (SSSR count). The molecule has 0 fully saturated rings. The highest BCUT2D eigenvalue weighted by Gasteiger charge is 2.18. The van der Waals surface area contributed by atoms with E-state index in [0.29, 0.717) is 0 Å². The summed E-state index contributed by atoms with van der Waals surface area (Å²) in [6, 6.07) is 3.95. The van der Waals surface area contributed by atoms with Gasteiger partial charge in [-0.1, -0.05) is 0 Å². The summed E-state index contributed by atoms with van der Waals surface area (Å²) >= 11 is 5.65. The van der Waals surface area contributed by atoms with Gasteiger partial charge in [0, 0.05) is 0 Å². The molecule has 92 valence electrons. The van der Waals surface area contributed by atoms with Gasteiger partial charge in [0.2, 0.25) is 0 Å². The summed E-state index contributed by atoms with van der Waals surface area (Å²) < 4.78 is 4.80. The maximum atomic E-state index is 11.7. The molecule has 5 heteroatoms. The summed E-state index contributed by atoms with van der Waals surface area (Å²) in [6.07, 6.45) is 0. The van der Waals surface area contributed by atoms with E-state index in [1.54, 1.807) is 6.92 Å². The minimum atomic E-state index is -0.765. The number of Topliss-reactive ketones (excluding diaryl/α,β-unsaturated/α-hetero) is 1. The van der Waals surface area contributed by atoms with E-state index in [4.69, 9.17) is 16.3 Å². The van der Waals surface area contributed by atoms with E-state index < -0.39 is 17.1 Å². The number of aromatic hydroxyl groups is 1. The third kappa shape index (κ3) is 3.20. The Morgan fingerprint density at radius 3 is 2.65 bits per heavy atom. The van der Waals surface area contributed by atoms with Crippen LogP contribution in [-0.2, 0) is 4.74 Å². The number of benzene rings is 1. The Bertz CT molecular complexity index is 440. The number of ketones is 1. The average Bonchev–Trinajstić information content (AvgIpc) is 2.28. The van der Waals surface area contributed by atoms with Gasteiger partial charge in [0.15, 0.2) is 5.78 Å². The van der Waals surface area contributed by atoms with Crippen molar-refractivity contribution in [2.45, 2.75) is 19.2 Å². The maximum Gasteiger partial charge on any atom is 0.338 e. The van der Waals surface area contributed by atoms with E-state index >= 15 is 0 Å². The molecule has 0 bridgehead atoms. The highest BCUT2D eigenvalue weighted by molar-refractivity contribution is 6.34. The van der Waals surface area contributed by atoms with Crippen LogP contribution in [0.15, 0.2) is 18.2 Å². The number of phenolic OH excluding ortho intramolecular Hbond substituents is 1. The topological polar surface area (TPSA) is 63.6 Å². The van der Waals surface area contributed by atoms with Crippen molar-refractivity contribution >= 4 is 23.4 Å². The fraction of sp³-hybridized carbons (Fsp3) is 0.333. The molecule has 0 saturated carbocycles. The quantitative estimate of drug-likeness (QED) is 0.510. The molecular weight excluding hydrogens is 244 g/mol. The molecule has 0 radical (unpaired) electrons. The number of ether oxygens (including phenoxy) is 1. The van der Waals surface area contributed by atoms with Crippen LogP contribution in [0, 0.1) is 0 Å². The monoisotopic (exact) mass is 256 g/mol. The van der Waals surface area contributed by atoms with E-state index in [0.717, 1.165) is 0 Å². The van der Waals surface area contributed by atoms with Gasteiger partial charge < -0.3 is 9.84 Å². The van der Waals surface area contributed by atoms with Crippen molar-refractivity contribution in [1.82, 2.24) is 0 Å². The Morgan fingerprint density at radius 2 is 2.12 bits per heavy atom. The molecule has 1 aromatic carbocycles. The van der Waals surface area contributed by atoms with Gasteiger partial charge in [-0.15, -0.1) is 11.6 Å². The lowest BCUT2D eigenvalue weighted by Crippen LogP contribution is -2.12. The lowest BCUT2D eigenvalue weighted by Gasteiger charge is -2.07. The number of carbonyl (C=O) groups is 2. The first-order chi connectivity index (χ1) is 7.97. The van der Waals surface area contributed by atoms with Crippen molar-refractivity contribution in [3.63, 3.8) is 0 Å². The van der Waals surface area contributed by atoms with Crippen LogP contribution in [0.1, 0.15) is 34.6 Å². The predicted molar refractivity (Wildman–Crippen MR) is 63.7 cm³/mol. The molecule has 0 amide bonds. The average molecular weight is 257 g/mol. The predicted octanol–water partition coefficient (Wildman–Crippen LogP) is 2.38. The summed E-state index contributed by atoms with van der Waals surface area (Å²) in [5.74, 6) is -1.17. The third-order valence-corrected chi connectivity index (χ3v) is 2.33. The van der Waals surface area contributed by atoms with Crippen molar-refractivity contribution in [2.24, 2.45) is 0 Å². The smallest absolute Gasteiger partial charge is 0.338 e. The molecule has 0 aliphatic carbocycles. The van der Waals surface area contributed by atoms with E-state index in [2.05, 4.69) is 0 Å². The number of rotatable bonds is 4. The van der Waals surface area contributed by atoms with Gasteiger partial charge in [-0.05, 0) is 32.0 Å². The Kier molecular flexibility index (Phi) is 4.52. The second kappa shape index (κ2) is 5.68. The van der Waals surface area contributed by atoms with Crippen LogP contribution < -0.4 is 0 Å². The summed E-state index contributed by atoms with van der Waals surface area (Å²) in [6.45, 7) is 3.43. The van der Waals surface area contributed by atoms with Crippen molar-refractivity contribution in [3.8, 4) is 5.75 Å². The Hall–Kier alpha value is -1.55. The SMILES string of the molecule is CCOC(=O)c1ccc(O)c(C(=O)C(C)Cl)c1. The van der Waals surface area contributed by atoms with Gasteiger partial charge in [0.25, 0.3) is 0 Å². The third-order valence-electron chi connectivity index (χ3n) is 2.13. The van der Waals surface area contributed by atoms with Crippen LogP contribution in [-0.4, -0.2) is 28.8 Å². The Balaban J connectivity index is 3.10. The van der Waals surface area contributed by atoms with Crippen molar-refractivity contribution in [3.05, 3.63) is 29.3 Å². The zero-order valence-electron chi connectivity index (χ0n) is 9.57. The summed E-state index contributed by atoms with van der Waals surface area (Å²) in [4.78, 5) is 23.1. The Labute approximate surface area is 104 Å². The summed E-state index contributed by atoms with van der Waals surface area (Å²) in [7, 11) is 0. The van der Waals surface area contributed by atoms with Crippen LogP contribution in [0.5, 0.6) is 5.75 Å². The molecule has 0 aromatic heterocycles.